The molecule has 0 spiro atoms. The number of rotatable bonds is 13. The zero-order chi connectivity index (χ0) is 15.9. The van der Waals surface area contributed by atoms with Crippen molar-refractivity contribution in [2.24, 2.45) is 0 Å². The number of aromatic hydroxyl groups is 1. The van der Waals surface area contributed by atoms with Crippen molar-refractivity contribution in [3.63, 3.8) is 0 Å². The first kappa shape index (κ1) is 18.8. The normalized spacial score (nSPS) is 11.3. The van der Waals surface area contributed by atoms with E-state index in [-0.39, 0.29) is 0 Å². The lowest BCUT2D eigenvalue weighted by molar-refractivity contribution is 0.466. The van der Waals surface area contributed by atoms with Gasteiger partial charge in [-0.15, -0.1) is 0 Å². The molecule has 0 saturated heterocycles. The molecule has 1 heteroatoms. The summed E-state index contributed by atoms with van der Waals surface area (Å²) in [6.07, 6.45) is 20.2. The predicted molar refractivity (Wildman–Crippen MR) is 97.4 cm³/mol. The van der Waals surface area contributed by atoms with Crippen molar-refractivity contribution in [3.05, 3.63) is 42.0 Å². The Morgan fingerprint density at radius 1 is 0.773 bits per heavy atom. The number of aryl methyl sites for hydroxylation is 1. The first-order valence-electron chi connectivity index (χ1n) is 9.26. The number of hydrogen-bond donors (Lipinski definition) is 1. The summed E-state index contributed by atoms with van der Waals surface area (Å²) in [5, 5.41) is 9.69. The highest BCUT2D eigenvalue weighted by Gasteiger charge is 1.98. The summed E-state index contributed by atoms with van der Waals surface area (Å²) < 4.78 is 0. The van der Waals surface area contributed by atoms with Gasteiger partial charge in [0.25, 0.3) is 0 Å². The first-order chi connectivity index (χ1) is 10.8. The van der Waals surface area contributed by atoms with E-state index in [9.17, 15) is 5.11 Å². The van der Waals surface area contributed by atoms with Crippen molar-refractivity contribution in [1.82, 2.24) is 0 Å². The number of benzene rings is 1. The summed E-state index contributed by atoms with van der Waals surface area (Å²) in [6.45, 7) is 2.27. The molecule has 0 aliphatic carbocycles. The standard InChI is InChI=1S/C21H34O/c1-2-3-4-5-6-7-8-9-10-11-12-13-14-17-20-18-15-16-19-21(20)22/h10-11,15-16,18-19,22H,2-9,12-14,17H2,1H3. The second kappa shape index (κ2) is 13.4. The molecule has 0 heterocycles. The van der Waals surface area contributed by atoms with Crippen LogP contribution >= 0.6 is 0 Å². The number of phenolic OH excluding ortho intramolecular Hbond substituents is 1. The van der Waals surface area contributed by atoms with Gasteiger partial charge in [0, 0.05) is 0 Å². The molecule has 22 heavy (non-hydrogen) atoms. The topological polar surface area (TPSA) is 20.2 Å². The quantitative estimate of drug-likeness (QED) is 0.314. The largest absolute Gasteiger partial charge is 0.508 e. The molecule has 0 atom stereocenters. The van der Waals surface area contributed by atoms with Crippen molar-refractivity contribution in [2.75, 3.05) is 0 Å². The van der Waals surface area contributed by atoms with Gasteiger partial charge in [0.1, 0.15) is 5.75 Å². The van der Waals surface area contributed by atoms with E-state index < -0.39 is 0 Å². The Morgan fingerprint density at radius 3 is 2.05 bits per heavy atom. The minimum absolute atomic E-state index is 0.442. The maximum atomic E-state index is 9.69. The van der Waals surface area contributed by atoms with Gasteiger partial charge in [-0.3, -0.25) is 0 Å². The van der Waals surface area contributed by atoms with E-state index in [2.05, 4.69) is 19.1 Å². The van der Waals surface area contributed by atoms with Crippen molar-refractivity contribution in [1.29, 1.82) is 0 Å². The van der Waals surface area contributed by atoms with Gasteiger partial charge in [-0.05, 0) is 50.2 Å². The third kappa shape index (κ3) is 9.65. The molecule has 0 radical (unpaired) electrons. The fourth-order valence-corrected chi connectivity index (χ4v) is 2.75. The van der Waals surface area contributed by atoms with E-state index in [1.54, 1.807) is 6.07 Å². The second-order valence-electron chi connectivity index (χ2n) is 6.26. The Hall–Kier alpha value is -1.24. The number of allylic oxidation sites excluding steroid dienone is 2. The van der Waals surface area contributed by atoms with Gasteiger partial charge in [0.05, 0.1) is 0 Å². The lowest BCUT2D eigenvalue weighted by Gasteiger charge is -2.02. The van der Waals surface area contributed by atoms with Crippen molar-refractivity contribution in [3.8, 4) is 5.75 Å². The molecule has 0 bridgehead atoms. The van der Waals surface area contributed by atoms with Gasteiger partial charge in [-0.25, -0.2) is 0 Å². The second-order valence-corrected chi connectivity index (χ2v) is 6.26. The Labute approximate surface area is 137 Å². The molecule has 0 fully saturated rings. The van der Waals surface area contributed by atoms with Crippen LogP contribution in [0, 0.1) is 0 Å². The van der Waals surface area contributed by atoms with Crippen LogP contribution in [0.25, 0.3) is 0 Å². The summed E-state index contributed by atoms with van der Waals surface area (Å²) in [6, 6.07) is 7.67. The van der Waals surface area contributed by atoms with Crippen LogP contribution in [0.4, 0.5) is 0 Å². The van der Waals surface area contributed by atoms with Crippen LogP contribution in [-0.4, -0.2) is 5.11 Å². The van der Waals surface area contributed by atoms with Crippen LogP contribution in [0.2, 0.25) is 0 Å². The average Bonchev–Trinajstić information content (AvgIpc) is 2.53. The van der Waals surface area contributed by atoms with Gasteiger partial charge in [0.15, 0.2) is 0 Å². The smallest absolute Gasteiger partial charge is 0.118 e. The Kier molecular flexibility index (Phi) is 11.5. The van der Waals surface area contributed by atoms with Gasteiger partial charge in [-0.1, -0.05) is 75.8 Å². The van der Waals surface area contributed by atoms with Crippen molar-refractivity contribution in [2.45, 2.75) is 84.0 Å². The van der Waals surface area contributed by atoms with E-state index in [1.807, 2.05) is 18.2 Å². The van der Waals surface area contributed by atoms with Crippen LogP contribution in [0.15, 0.2) is 36.4 Å². The maximum Gasteiger partial charge on any atom is 0.118 e. The van der Waals surface area contributed by atoms with Gasteiger partial charge < -0.3 is 5.11 Å². The highest BCUT2D eigenvalue weighted by atomic mass is 16.3. The molecule has 1 rings (SSSR count). The molecular formula is C21H34O. The van der Waals surface area contributed by atoms with Gasteiger partial charge in [-0.2, -0.15) is 0 Å². The van der Waals surface area contributed by atoms with E-state index in [4.69, 9.17) is 0 Å². The summed E-state index contributed by atoms with van der Waals surface area (Å²) >= 11 is 0. The van der Waals surface area contributed by atoms with Crippen molar-refractivity contribution >= 4 is 0 Å². The van der Waals surface area contributed by atoms with Crippen molar-refractivity contribution < 1.29 is 5.11 Å². The summed E-state index contributed by atoms with van der Waals surface area (Å²) in [5.74, 6) is 0.442. The Morgan fingerprint density at radius 2 is 1.36 bits per heavy atom. The fourth-order valence-electron chi connectivity index (χ4n) is 2.75. The summed E-state index contributed by atoms with van der Waals surface area (Å²) in [5.41, 5.74) is 1.08. The molecule has 0 aliphatic heterocycles. The minimum atomic E-state index is 0.442. The predicted octanol–water partition coefficient (Wildman–Crippen LogP) is 6.80. The molecule has 1 aromatic rings. The molecule has 0 saturated carbocycles. The lowest BCUT2D eigenvalue weighted by atomic mass is 10.1. The molecule has 0 unspecified atom stereocenters. The van der Waals surface area contributed by atoms with Crippen LogP contribution in [0.1, 0.15) is 83.1 Å². The molecule has 0 aliphatic rings. The van der Waals surface area contributed by atoms with E-state index in [0.29, 0.717) is 5.75 Å². The van der Waals surface area contributed by atoms with Crippen LogP contribution < -0.4 is 0 Å². The van der Waals surface area contributed by atoms with E-state index in [0.717, 1.165) is 18.4 Å². The monoisotopic (exact) mass is 302 g/mol. The highest BCUT2D eigenvalue weighted by Crippen LogP contribution is 2.18. The zero-order valence-electron chi connectivity index (χ0n) is 14.4. The molecule has 1 N–H and O–H groups in total. The maximum absolute atomic E-state index is 9.69. The molecular weight excluding hydrogens is 268 g/mol. The van der Waals surface area contributed by atoms with Crippen LogP contribution in [0.5, 0.6) is 5.75 Å². The lowest BCUT2D eigenvalue weighted by Crippen LogP contribution is -1.85. The highest BCUT2D eigenvalue weighted by molar-refractivity contribution is 5.31. The number of phenols is 1. The third-order valence-corrected chi connectivity index (χ3v) is 4.20. The molecule has 0 amide bonds. The van der Waals surface area contributed by atoms with Crippen LogP contribution in [0.3, 0.4) is 0 Å². The molecule has 1 aromatic carbocycles. The fraction of sp³-hybridized carbons (Fsp3) is 0.619. The third-order valence-electron chi connectivity index (χ3n) is 4.20. The van der Waals surface area contributed by atoms with Gasteiger partial charge in [0.2, 0.25) is 0 Å². The zero-order valence-corrected chi connectivity index (χ0v) is 14.4. The van der Waals surface area contributed by atoms with E-state index >= 15 is 0 Å². The number of para-hydroxylation sites is 1. The van der Waals surface area contributed by atoms with E-state index in [1.165, 1.54) is 64.2 Å². The Balaban J connectivity index is 1.89. The Bertz CT molecular complexity index is 395. The summed E-state index contributed by atoms with van der Waals surface area (Å²) in [4.78, 5) is 0. The van der Waals surface area contributed by atoms with Crippen LogP contribution in [-0.2, 0) is 6.42 Å². The average molecular weight is 303 g/mol. The molecule has 1 nitrogen and oxygen atoms in total. The minimum Gasteiger partial charge on any atom is -0.508 e. The first-order valence-corrected chi connectivity index (χ1v) is 9.26. The summed E-state index contributed by atoms with van der Waals surface area (Å²) in [7, 11) is 0. The number of hydrogen-bond acceptors (Lipinski definition) is 1. The SMILES string of the molecule is CCCCCCCCCC=CCCCCc1ccccc1O. The van der Waals surface area contributed by atoms with Gasteiger partial charge >= 0.3 is 0 Å². The molecule has 0 aromatic heterocycles. The molecule has 124 valence electrons. The number of unbranched alkanes of at least 4 members (excludes halogenated alkanes) is 9.